The first kappa shape index (κ1) is 18.0. The number of aliphatic hydroxyl groups is 4. The number of amidine groups is 2. The van der Waals surface area contributed by atoms with E-state index in [1.54, 1.807) is 21.6 Å². The zero-order valence-electron chi connectivity index (χ0n) is 12.0. The lowest BCUT2D eigenvalue weighted by atomic mass is 10.5. The molecule has 2 aliphatic heterocycles. The topological polar surface area (TPSA) is 112 Å². The Kier molecular flexibility index (Phi) is 7.47. The van der Waals surface area contributed by atoms with Crippen LogP contribution in [0.2, 0.25) is 0 Å². The Bertz CT molecular complexity index is 434. The molecule has 2 aliphatic rings. The SMILES string of the molecule is OCCN(CCO)C1=NC2=S(S1)SC(N(CCO)CCO)=N2. The molecule has 0 aromatic carbocycles. The van der Waals surface area contributed by atoms with Crippen molar-refractivity contribution in [1.82, 2.24) is 9.80 Å². The molecule has 4 N–H and O–H groups in total. The van der Waals surface area contributed by atoms with E-state index in [1.165, 1.54) is 0 Å². The highest BCUT2D eigenvalue weighted by Gasteiger charge is 2.30. The lowest BCUT2D eigenvalue weighted by molar-refractivity contribution is 0.214. The molecular formula is C11H20N4O4S3. The van der Waals surface area contributed by atoms with Crippen LogP contribution in [0.5, 0.6) is 0 Å². The van der Waals surface area contributed by atoms with Crippen LogP contribution in [0.3, 0.4) is 0 Å². The summed E-state index contributed by atoms with van der Waals surface area (Å²) in [5.41, 5.74) is 0. The van der Waals surface area contributed by atoms with Gasteiger partial charge in [0.25, 0.3) is 0 Å². The second-order valence-corrected chi connectivity index (χ2v) is 9.87. The van der Waals surface area contributed by atoms with Crippen LogP contribution in [-0.2, 0) is 0 Å². The van der Waals surface area contributed by atoms with Crippen molar-refractivity contribution in [1.29, 1.82) is 0 Å². The van der Waals surface area contributed by atoms with Crippen molar-refractivity contribution >= 4 is 45.6 Å². The van der Waals surface area contributed by atoms with Crippen molar-refractivity contribution in [3.8, 4) is 0 Å². The molecule has 8 nitrogen and oxygen atoms in total. The van der Waals surface area contributed by atoms with E-state index in [0.29, 0.717) is 26.2 Å². The molecule has 0 radical (unpaired) electrons. The largest absolute Gasteiger partial charge is 0.395 e. The zero-order valence-corrected chi connectivity index (χ0v) is 14.4. The molecule has 0 aliphatic carbocycles. The summed E-state index contributed by atoms with van der Waals surface area (Å²) in [5, 5.41) is 38.6. The summed E-state index contributed by atoms with van der Waals surface area (Å²) in [6.07, 6.45) is 0. The first-order chi connectivity index (χ1) is 10.7. The molecule has 0 spiro atoms. The third kappa shape index (κ3) is 4.37. The first-order valence-corrected chi connectivity index (χ1v) is 10.7. The minimum atomic E-state index is -0.251. The van der Waals surface area contributed by atoms with Gasteiger partial charge in [0, 0.05) is 26.2 Å². The summed E-state index contributed by atoms with van der Waals surface area (Å²) in [6, 6.07) is 0. The molecule has 0 bridgehead atoms. The number of aliphatic hydroxyl groups excluding tert-OH is 4. The monoisotopic (exact) mass is 368 g/mol. The molecule has 0 saturated heterocycles. The average molecular weight is 369 g/mol. The Morgan fingerprint density at radius 3 is 1.36 bits per heavy atom. The normalized spacial score (nSPS) is 17.5. The first-order valence-electron chi connectivity index (χ1n) is 6.82. The minimum Gasteiger partial charge on any atom is -0.395 e. The average Bonchev–Trinajstić information content (AvgIpc) is 3.05. The predicted molar refractivity (Wildman–Crippen MR) is 94.1 cm³/mol. The van der Waals surface area contributed by atoms with Gasteiger partial charge >= 0.3 is 0 Å². The highest BCUT2D eigenvalue weighted by molar-refractivity contribution is 9.21. The Balaban J connectivity index is 2.03. The molecule has 22 heavy (non-hydrogen) atoms. The van der Waals surface area contributed by atoms with Crippen LogP contribution < -0.4 is 0 Å². The van der Waals surface area contributed by atoms with Crippen molar-refractivity contribution in [2.24, 2.45) is 9.98 Å². The molecular weight excluding hydrogens is 348 g/mol. The van der Waals surface area contributed by atoms with E-state index < -0.39 is 0 Å². The summed E-state index contributed by atoms with van der Waals surface area (Å²) in [5.74, 6) is 0. The van der Waals surface area contributed by atoms with E-state index in [2.05, 4.69) is 9.98 Å². The van der Waals surface area contributed by atoms with Crippen molar-refractivity contribution in [3.63, 3.8) is 0 Å². The molecule has 126 valence electrons. The van der Waals surface area contributed by atoms with E-state index in [1.807, 2.05) is 9.80 Å². The van der Waals surface area contributed by atoms with Gasteiger partial charge in [-0.2, -0.15) is 9.98 Å². The van der Waals surface area contributed by atoms with Gasteiger partial charge in [0.2, 0.25) is 5.11 Å². The fourth-order valence-corrected chi connectivity index (χ4v) is 7.64. The second-order valence-electron chi connectivity index (χ2n) is 4.34. The number of hydrogen-bond acceptors (Lipinski definition) is 10. The Morgan fingerprint density at radius 2 is 1.09 bits per heavy atom. The van der Waals surface area contributed by atoms with Crippen LogP contribution in [0, 0.1) is 0 Å². The molecule has 11 heteroatoms. The highest BCUT2D eigenvalue weighted by atomic mass is 33.5. The summed E-state index contributed by atoms with van der Waals surface area (Å²) < 4.78 is 0. The molecule has 0 aromatic heterocycles. The number of aliphatic imine (C=N–C) groups is 2. The molecule has 2 heterocycles. The molecule has 0 unspecified atom stereocenters. The van der Waals surface area contributed by atoms with Gasteiger partial charge in [-0.15, -0.1) is 0 Å². The van der Waals surface area contributed by atoms with E-state index >= 15 is 0 Å². The van der Waals surface area contributed by atoms with E-state index in [0.717, 1.165) is 15.4 Å². The Morgan fingerprint density at radius 1 is 0.727 bits per heavy atom. The molecule has 0 atom stereocenters. The molecule has 2 rings (SSSR count). The lowest BCUT2D eigenvalue weighted by Crippen LogP contribution is -2.34. The maximum Gasteiger partial charge on any atom is 0.203 e. The summed E-state index contributed by atoms with van der Waals surface area (Å²) in [4.78, 5) is 12.7. The summed E-state index contributed by atoms with van der Waals surface area (Å²) >= 11 is 0. The molecule has 0 aromatic rings. The van der Waals surface area contributed by atoms with Gasteiger partial charge in [-0.1, -0.05) is 0 Å². The van der Waals surface area contributed by atoms with E-state index in [4.69, 9.17) is 20.4 Å². The lowest BCUT2D eigenvalue weighted by Gasteiger charge is -2.23. The van der Waals surface area contributed by atoms with Gasteiger partial charge in [0.05, 0.1) is 26.4 Å². The standard InChI is InChI=1S/C11H20N4O4S3/c16-5-1-14(2-6-17)10-12-9-13-11(21-22(9)20-10)15(3-7-18)4-8-19/h16-19H,1-8H2. The van der Waals surface area contributed by atoms with E-state index in [-0.39, 0.29) is 35.0 Å². The van der Waals surface area contributed by atoms with Crippen molar-refractivity contribution in [3.05, 3.63) is 0 Å². The van der Waals surface area contributed by atoms with Crippen LogP contribution in [0.4, 0.5) is 0 Å². The minimum absolute atomic E-state index is 0.00509. The van der Waals surface area contributed by atoms with Gasteiger partial charge in [0.15, 0.2) is 10.3 Å². The van der Waals surface area contributed by atoms with Crippen molar-refractivity contribution in [2.75, 3.05) is 52.6 Å². The summed E-state index contributed by atoms with van der Waals surface area (Å²) in [7, 11) is 2.88. The van der Waals surface area contributed by atoms with Gasteiger partial charge in [-0.3, -0.25) is 0 Å². The van der Waals surface area contributed by atoms with Crippen molar-refractivity contribution < 1.29 is 20.4 Å². The van der Waals surface area contributed by atoms with Crippen LogP contribution in [0.1, 0.15) is 0 Å². The molecule has 0 saturated carbocycles. The molecule has 0 fully saturated rings. The van der Waals surface area contributed by atoms with Crippen LogP contribution in [-0.4, -0.2) is 98.3 Å². The number of nitrogens with zero attached hydrogens (tertiary/aromatic N) is 4. The highest BCUT2D eigenvalue weighted by Crippen LogP contribution is 2.54. The fourth-order valence-electron chi connectivity index (χ4n) is 1.86. The quantitative estimate of drug-likeness (QED) is 0.317. The summed E-state index contributed by atoms with van der Waals surface area (Å²) in [6.45, 7) is 1.74. The maximum atomic E-state index is 9.08. The smallest absolute Gasteiger partial charge is 0.203 e. The maximum absolute atomic E-state index is 9.08. The van der Waals surface area contributed by atoms with E-state index in [9.17, 15) is 0 Å². The second kappa shape index (κ2) is 9.11. The van der Waals surface area contributed by atoms with Gasteiger partial charge in [0.1, 0.15) is 0 Å². The third-order valence-electron chi connectivity index (χ3n) is 2.85. The third-order valence-corrected chi connectivity index (χ3v) is 8.56. The number of rotatable bonds is 8. The van der Waals surface area contributed by atoms with Crippen LogP contribution in [0.25, 0.3) is 0 Å². The van der Waals surface area contributed by atoms with Crippen LogP contribution in [0.15, 0.2) is 9.98 Å². The van der Waals surface area contributed by atoms with Crippen LogP contribution >= 0.6 is 30.1 Å². The fraction of sp³-hybridized carbons (Fsp3) is 0.727. The Labute approximate surface area is 138 Å². The predicted octanol–water partition coefficient (Wildman–Crippen LogP) is -1.05. The van der Waals surface area contributed by atoms with Crippen molar-refractivity contribution in [2.45, 2.75) is 0 Å². The van der Waals surface area contributed by atoms with Gasteiger partial charge in [-0.05, 0) is 30.1 Å². The van der Waals surface area contributed by atoms with Gasteiger partial charge < -0.3 is 30.2 Å². The molecule has 0 amide bonds. The zero-order chi connectivity index (χ0) is 15.9. The van der Waals surface area contributed by atoms with Gasteiger partial charge in [-0.25, -0.2) is 0 Å². The number of hydrogen-bond donors (Lipinski definition) is 4. The Hall–Kier alpha value is -0.300.